The molecule has 2 N–H and O–H groups in total. The van der Waals surface area contributed by atoms with Crippen LogP contribution in [0.5, 0.6) is 0 Å². The van der Waals surface area contributed by atoms with Crippen molar-refractivity contribution < 1.29 is 54.0 Å². The van der Waals surface area contributed by atoms with Gasteiger partial charge in [0, 0.05) is 8.95 Å². The van der Waals surface area contributed by atoms with Gasteiger partial charge in [-0.1, -0.05) is 56.1 Å². The van der Waals surface area contributed by atoms with Gasteiger partial charge in [-0.2, -0.15) is 0 Å². The van der Waals surface area contributed by atoms with E-state index in [0.29, 0.717) is 9.94 Å². The van der Waals surface area contributed by atoms with Crippen molar-refractivity contribution in [1.29, 1.82) is 0 Å². The monoisotopic (exact) mass is 816 g/mol. The molecule has 0 aromatic heterocycles. The number of hydrogen-bond acceptors (Lipinski definition) is 2. The molecule has 0 fully saturated rings. The number of hydrogen-bond donors (Lipinski definition) is 2. The largest absolute Gasteiger partial charge is 0.488 e. The van der Waals surface area contributed by atoms with Crippen molar-refractivity contribution in [2.24, 2.45) is 0 Å². The predicted octanol–water partition coefficient (Wildman–Crippen LogP) is 7.93. The van der Waals surface area contributed by atoms with Gasteiger partial charge in [0.2, 0.25) is 11.6 Å². The van der Waals surface area contributed by atoms with Crippen LogP contribution in [0.2, 0.25) is 0 Å². The third-order valence-corrected chi connectivity index (χ3v) is 6.67. The van der Waals surface area contributed by atoms with E-state index in [2.05, 4.69) is 31.9 Å². The summed E-state index contributed by atoms with van der Waals surface area (Å²) in [6, 6.07) is 12.2. The predicted molar refractivity (Wildman–Crippen MR) is 142 cm³/mol. The van der Waals surface area contributed by atoms with Crippen LogP contribution in [0, 0.1) is 61.7 Å². The lowest BCUT2D eigenvalue weighted by molar-refractivity contribution is 0.373. The Balaban J connectivity index is 0.000000222. The standard InChI is InChI=1S/C12H4BrF5.C6H6BBrO2.C6F5I/c13-6-3-1-5(2-4-6)7-8(14)10(16)12(18)11(17)9(7)15;8-6-3-1-5(2-4-6)7(9)10;7-1-2(8)4(10)6(12)5(11)3(1)9/h1-4H;1-4,9-10H;. The van der Waals surface area contributed by atoms with Crippen molar-refractivity contribution in [3.05, 3.63) is 119 Å². The molecule has 4 rings (SSSR count). The first-order valence-electron chi connectivity index (χ1n) is 10.2. The smallest absolute Gasteiger partial charge is 0.423 e. The molecule has 0 saturated heterocycles. The highest BCUT2D eigenvalue weighted by atomic mass is 127. The summed E-state index contributed by atoms with van der Waals surface area (Å²) < 4.78 is 128. The second-order valence-electron chi connectivity index (χ2n) is 7.26. The first-order valence-corrected chi connectivity index (χ1v) is 12.8. The van der Waals surface area contributed by atoms with Crippen LogP contribution in [0.1, 0.15) is 0 Å². The molecule has 0 radical (unpaired) electrons. The topological polar surface area (TPSA) is 40.5 Å². The van der Waals surface area contributed by atoms with Gasteiger partial charge in [0.25, 0.3) is 0 Å². The Morgan fingerprint density at radius 1 is 0.475 bits per heavy atom. The van der Waals surface area contributed by atoms with Crippen LogP contribution in [0.3, 0.4) is 0 Å². The van der Waals surface area contributed by atoms with E-state index in [1.165, 1.54) is 24.3 Å². The molecule has 0 heterocycles. The van der Waals surface area contributed by atoms with Crippen LogP contribution in [0.25, 0.3) is 11.1 Å². The molecular weight excluding hydrogens is 808 g/mol. The second kappa shape index (κ2) is 14.7. The van der Waals surface area contributed by atoms with Crippen molar-refractivity contribution in [2.45, 2.75) is 0 Å². The number of rotatable bonds is 2. The lowest BCUT2D eigenvalue weighted by atomic mass is 9.81. The van der Waals surface area contributed by atoms with Crippen LogP contribution in [0.15, 0.2) is 57.5 Å². The Morgan fingerprint density at radius 3 is 1.12 bits per heavy atom. The summed E-state index contributed by atoms with van der Waals surface area (Å²) in [5.41, 5.74) is -0.520. The molecule has 16 heteroatoms. The van der Waals surface area contributed by atoms with Crippen LogP contribution in [0.4, 0.5) is 43.9 Å². The van der Waals surface area contributed by atoms with Crippen LogP contribution >= 0.6 is 54.5 Å². The molecule has 2 nitrogen and oxygen atoms in total. The number of benzene rings is 4. The van der Waals surface area contributed by atoms with Gasteiger partial charge >= 0.3 is 7.12 Å². The van der Waals surface area contributed by atoms with Crippen molar-refractivity contribution in [1.82, 2.24) is 0 Å². The van der Waals surface area contributed by atoms with E-state index in [0.717, 1.165) is 27.1 Å². The van der Waals surface area contributed by atoms with Crippen molar-refractivity contribution in [3.63, 3.8) is 0 Å². The molecule has 0 spiro atoms. The van der Waals surface area contributed by atoms with Crippen LogP contribution in [-0.4, -0.2) is 17.2 Å². The molecule has 4 aromatic rings. The minimum absolute atomic E-state index is 0.0917. The quantitative estimate of drug-likeness (QED) is 0.0710. The Bertz CT molecular complexity index is 1370. The first-order chi connectivity index (χ1) is 18.6. The van der Waals surface area contributed by atoms with Gasteiger partial charge in [-0.15, -0.1) is 0 Å². The van der Waals surface area contributed by atoms with E-state index in [-0.39, 0.29) is 5.56 Å². The molecule has 212 valence electrons. The maximum Gasteiger partial charge on any atom is 0.488 e. The highest BCUT2D eigenvalue weighted by Gasteiger charge is 2.26. The van der Waals surface area contributed by atoms with E-state index < -0.39 is 74.4 Å². The molecule has 0 amide bonds. The fraction of sp³-hybridized carbons (Fsp3) is 0. The highest BCUT2D eigenvalue weighted by Crippen LogP contribution is 2.32. The van der Waals surface area contributed by atoms with Gasteiger partial charge in [-0.25, -0.2) is 43.9 Å². The zero-order valence-corrected chi connectivity index (χ0v) is 24.3. The molecule has 0 aliphatic rings. The van der Waals surface area contributed by atoms with E-state index in [1.54, 1.807) is 24.3 Å². The third-order valence-electron chi connectivity index (χ3n) is 4.67. The average molecular weight is 818 g/mol. The number of halogens is 13. The van der Waals surface area contributed by atoms with Crippen molar-refractivity contribution >= 4 is 67.0 Å². The summed E-state index contributed by atoms with van der Waals surface area (Å²) in [5, 5.41) is 17.3. The Morgan fingerprint density at radius 2 is 0.775 bits per heavy atom. The highest BCUT2D eigenvalue weighted by molar-refractivity contribution is 14.1. The van der Waals surface area contributed by atoms with Gasteiger partial charge in [0.15, 0.2) is 46.5 Å². The molecular formula is C24H10BBr2F10IO2. The lowest BCUT2D eigenvalue weighted by Crippen LogP contribution is -2.29. The Kier molecular flexibility index (Phi) is 12.5. The zero-order chi connectivity index (χ0) is 30.5. The molecule has 0 aliphatic heterocycles. The normalized spacial score (nSPS) is 10.4. The SMILES string of the molecule is Fc1c(F)c(F)c(-c2ccc(Br)cc2)c(F)c1F.Fc1c(F)c(F)c(I)c(F)c1F.OB(O)c1ccc(Br)cc1. The summed E-state index contributed by atoms with van der Waals surface area (Å²) in [7, 11) is -1.37. The molecule has 0 unspecified atom stereocenters. The minimum Gasteiger partial charge on any atom is -0.423 e. The van der Waals surface area contributed by atoms with Gasteiger partial charge < -0.3 is 10.0 Å². The van der Waals surface area contributed by atoms with Gasteiger partial charge in [0.1, 0.15) is 0 Å². The van der Waals surface area contributed by atoms with Crippen molar-refractivity contribution in [2.75, 3.05) is 0 Å². The summed E-state index contributed by atoms with van der Waals surface area (Å²) in [4.78, 5) is 0. The van der Waals surface area contributed by atoms with E-state index in [1.807, 2.05) is 0 Å². The first kappa shape index (κ1) is 34.1. The van der Waals surface area contributed by atoms with Crippen LogP contribution < -0.4 is 5.46 Å². The second-order valence-corrected chi connectivity index (χ2v) is 10.2. The average Bonchev–Trinajstić information content (AvgIpc) is 2.94. The van der Waals surface area contributed by atoms with Crippen LogP contribution in [-0.2, 0) is 0 Å². The van der Waals surface area contributed by atoms with E-state index in [9.17, 15) is 43.9 Å². The van der Waals surface area contributed by atoms with Crippen molar-refractivity contribution in [3.8, 4) is 11.1 Å². The van der Waals surface area contributed by atoms with Gasteiger partial charge in [-0.05, 0) is 57.9 Å². The van der Waals surface area contributed by atoms with E-state index >= 15 is 0 Å². The fourth-order valence-electron chi connectivity index (χ4n) is 2.69. The molecule has 0 saturated carbocycles. The Labute approximate surface area is 250 Å². The summed E-state index contributed by atoms with van der Waals surface area (Å²) >= 11 is 7.37. The van der Waals surface area contributed by atoms with Gasteiger partial charge in [0.05, 0.1) is 9.13 Å². The fourth-order valence-corrected chi connectivity index (χ4v) is 3.69. The minimum atomic E-state index is -2.16. The zero-order valence-electron chi connectivity index (χ0n) is 19.0. The maximum absolute atomic E-state index is 13.5. The summed E-state index contributed by atoms with van der Waals surface area (Å²) in [5.74, 6) is -19.3. The third kappa shape index (κ3) is 7.99. The Hall–Kier alpha value is -2.15. The maximum atomic E-state index is 13.5. The lowest BCUT2D eigenvalue weighted by Gasteiger charge is -2.08. The van der Waals surface area contributed by atoms with E-state index in [4.69, 9.17) is 10.0 Å². The molecule has 40 heavy (non-hydrogen) atoms. The molecule has 4 aromatic carbocycles. The summed E-state index contributed by atoms with van der Waals surface area (Å²) in [6.45, 7) is 0. The molecule has 0 aliphatic carbocycles. The molecule has 0 atom stereocenters. The van der Waals surface area contributed by atoms with Gasteiger partial charge in [-0.3, -0.25) is 0 Å². The molecule has 0 bridgehead atoms. The summed E-state index contributed by atoms with van der Waals surface area (Å²) in [6.07, 6.45) is 0.